The van der Waals surface area contributed by atoms with Crippen LogP contribution in [0, 0.1) is 0 Å². The van der Waals surface area contributed by atoms with Crippen LogP contribution >= 0.6 is 23.4 Å². The lowest BCUT2D eigenvalue weighted by molar-refractivity contribution is -0.144. The molecule has 0 amide bonds. The number of nitrogens with zero attached hydrogens (tertiary/aromatic N) is 3. The highest BCUT2D eigenvalue weighted by Gasteiger charge is 2.37. The highest BCUT2D eigenvalue weighted by Crippen LogP contribution is 2.36. The quantitative estimate of drug-likeness (QED) is 0.505. The van der Waals surface area contributed by atoms with Crippen LogP contribution in [-0.2, 0) is 6.18 Å². The smallest absolute Gasteiger partial charge is 0.378 e. The first kappa shape index (κ1) is 20.8. The van der Waals surface area contributed by atoms with Crippen LogP contribution in [0.2, 0.25) is 5.02 Å². The van der Waals surface area contributed by atoms with Crippen molar-refractivity contribution >= 4 is 34.9 Å². The molecular formula is C21H18ClF3N4S. The molecule has 2 aromatic carbocycles. The van der Waals surface area contributed by atoms with Gasteiger partial charge in [0.1, 0.15) is 5.82 Å². The molecule has 1 aromatic heterocycles. The van der Waals surface area contributed by atoms with Crippen LogP contribution in [0.3, 0.4) is 0 Å². The van der Waals surface area contributed by atoms with Crippen molar-refractivity contribution in [2.45, 2.75) is 28.4 Å². The molecule has 2 heterocycles. The molecule has 0 radical (unpaired) electrons. The van der Waals surface area contributed by atoms with E-state index in [2.05, 4.69) is 15.3 Å². The molecule has 156 valence electrons. The number of nitrogens with one attached hydrogen (secondary N) is 1. The Morgan fingerprint density at radius 1 is 1.07 bits per heavy atom. The second-order valence-electron chi connectivity index (χ2n) is 6.96. The number of halogens is 4. The van der Waals surface area contributed by atoms with Gasteiger partial charge < -0.3 is 10.2 Å². The van der Waals surface area contributed by atoms with Crippen molar-refractivity contribution in [3.63, 3.8) is 0 Å². The lowest BCUT2D eigenvalue weighted by Crippen LogP contribution is -2.32. The summed E-state index contributed by atoms with van der Waals surface area (Å²) in [5.74, 6) is -0.798. The molecular weight excluding hydrogens is 433 g/mol. The highest BCUT2D eigenvalue weighted by molar-refractivity contribution is 7.99. The zero-order valence-corrected chi connectivity index (χ0v) is 17.5. The maximum atomic E-state index is 13.0. The molecule has 4 nitrogen and oxygen atoms in total. The Morgan fingerprint density at radius 2 is 1.70 bits per heavy atom. The van der Waals surface area contributed by atoms with E-state index in [0.29, 0.717) is 22.9 Å². The summed E-state index contributed by atoms with van der Waals surface area (Å²) in [4.78, 5) is 11.2. The number of hydrogen-bond donors (Lipinski definition) is 1. The molecule has 0 spiro atoms. The van der Waals surface area contributed by atoms with Gasteiger partial charge in [-0.1, -0.05) is 23.4 Å². The van der Waals surface area contributed by atoms with Gasteiger partial charge in [0.2, 0.25) is 5.82 Å². The van der Waals surface area contributed by atoms with Crippen LogP contribution < -0.4 is 10.2 Å². The fourth-order valence-corrected chi connectivity index (χ4v) is 4.21. The Bertz CT molecular complexity index is 1030. The number of aromatic nitrogens is 2. The first-order valence-corrected chi connectivity index (χ1v) is 10.4. The van der Waals surface area contributed by atoms with Crippen LogP contribution in [0.15, 0.2) is 64.5 Å². The zero-order chi connectivity index (χ0) is 21.3. The molecule has 4 rings (SSSR count). The van der Waals surface area contributed by atoms with Gasteiger partial charge in [-0.05, 0) is 55.0 Å². The fourth-order valence-electron chi connectivity index (χ4n) is 3.26. The van der Waals surface area contributed by atoms with E-state index >= 15 is 0 Å². The maximum absolute atomic E-state index is 13.0. The number of alkyl halides is 3. The van der Waals surface area contributed by atoms with Crippen LogP contribution in [0.1, 0.15) is 23.9 Å². The van der Waals surface area contributed by atoms with E-state index in [0.717, 1.165) is 21.9 Å². The van der Waals surface area contributed by atoms with Gasteiger partial charge in [0.05, 0.1) is 6.04 Å². The highest BCUT2D eigenvalue weighted by atomic mass is 35.5. The Balaban J connectivity index is 1.49. The summed E-state index contributed by atoms with van der Waals surface area (Å²) in [5, 5.41) is 4.10. The molecule has 0 bridgehead atoms. The second-order valence-corrected chi connectivity index (χ2v) is 8.54. The number of anilines is 2. The van der Waals surface area contributed by atoms with Crippen molar-refractivity contribution in [1.29, 1.82) is 0 Å². The summed E-state index contributed by atoms with van der Waals surface area (Å²) >= 11 is 7.54. The third kappa shape index (κ3) is 4.65. The van der Waals surface area contributed by atoms with E-state index in [1.54, 1.807) is 23.7 Å². The van der Waals surface area contributed by atoms with Crippen LogP contribution in [0.5, 0.6) is 0 Å². The second kappa shape index (κ2) is 8.35. The van der Waals surface area contributed by atoms with Gasteiger partial charge in [-0.15, -0.1) is 0 Å². The predicted octanol–water partition coefficient (Wildman–Crippen LogP) is 6.29. The van der Waals surface area contributed by atoms with E-state index in [4.69, 9.17) is 11.6 Å². The van der Waals surface area contributed by atoms with Gasteiger partial charge in [0.15, 0.2) is 0 Å². The van der Waals surface area contributed by atoms with Crippen LogP contribution in [0.4, 0.5) is 24.7 Å². The molecule has 0 saturated carbocycles. The Morgan fingerprint density at radius 3 is 2.33 bits per heavy atom. The van der Waals surface area contributed by atoms with E-state index < -0.39 is 12.0 Å². The summed E-state index contributed by atoms with van der Waals surface area (Å²) < 4.78 is 38.9. The van der Waals surface area contributed by atoms with E-state index in [1.165, 1.54) is 6.20 Å². The van der Waals surface area contributed by atoms with Crippen molar-refractivity contribution in [3.8, 4) is 0 Å². The van der Waals surface area contributed by atoms with E-state index in [9.17, 15) is 13.2 Å². The molecule has 9 heteroatoms. The van der Waals surface area contributed by atoms with Gasteiger partial charge in [0.25, 0.3) is 0 Å². The monoisotopic (exact) mass is 450 g/mol. The summed E-state index contributed by atoms with van der Waals surface area (Å²) in [6.45, 7) is 0.601. The van der Waals surface area contributed by atoms with Crippen molar-refractivity contribution in [1.82, 2.24) is 9.97 Å². The predicted molar refractivity (Wildman–Crippen MR) is 113 cm³/mol. The van der Waals surface area contributed by atoms with E-state index in [1.807, 2.05) is 48.5 Å². The molecule has 0 aliphatic carbocycles. The fraction of sp³-hybridized carbons (Fsp3) is 0.238. The van der Waals surface area contributed by atoms with Crippen molar-refractivity contribution < 1.29 is 13.2 Å². The van der Waals surface area contributed by atoms with Gasteiger partial charge in [-0.2, -0.15) is 13.2 Å². The lowest BCUT2D eigenvalue weighted by Gasteiger charge is -2.33. The third-order valence-corrected chi connectivity index (χ3v) is 6.05. The molecule has 1 aliphatic heterocycles. The summed E-state index contributed by atoms with van der Waals surface area (Å²) in [6.07, 6.45) is -2.55. The normalized spacial score (nSPS) is 16.3. The molecule has 3 aromatic rings. The Hall–Kier alpha value is -2.45. The van der Waals surface area contributed by atoms with Gasteiger partial charge >= 0.3 is 6.18 Å². The first-order valence-electron chi connectivity index (χ1n) is 9.25. The molecule has 1 aliphatic rings. The maximum Gasteiger partial charge on any atom is 0.451 e. The van der Waals surface area contributed by atoms with E-state index in [-0.39, 0.29) is 6.04 Å². The summed E-state index contributed by atoms with van der Waals surface area (Å²) in [6, 6.07) is 15.4. The minimum absolute atomic E-state index is 0.159. The molecule has 1 atom stereocenters. The molecule has 0 saturated heterocycles. The van der Waals surface area contributed by atoms with Crippen molar-refractivity contribution in [2.75, 3.05) is 23.8 Å². The minimum atomic E-state index is -4.56. The number of rotatable bonds is 4. The summed E-state index contributed by atoms with van der Waals surface area (Å²) in [7, 11) is 1.74. The first-order chi connectivity index (χ1) is 14.3. The number of fused-ring (bicyclic) bond motifs is 1. The Labute approximate surface area is 181 Å². The van der Waals surface area contributed by atoms with Gasteiger partial charge in [-0.3, -0.25) is 0 Å². The lowest BCUT2D eigenvalue weighted by atomic mass is 10.0. The Kier molecular flexibility index (Phi) is 5.79. The molecule has 0 fully saturated rings. The largest absolute Gasteiger partial charge is 0.451 e. The zero-order valence-electron chi connectivity index (χ0n) is 15.9. The average molecular weight is 451 g/mol. The molecule has 1 N–H and O–H groups in total. The average Bonchev–Trinajstić information content (AvgIpc) is 2.72. The standard InChI is InChI=1S/C21H18ClF3N4S/c1-29-11-10-18(17-12-26-20(21(23,24)25)28-19(17)29)27-14-4-8-16(9-5-14)30-15-6-2-13(22)3-7-15/h2-9,12,18,27H,10-11H2,1H3. The molecule has 1 unspecified atom stereocenters. The SMILES string of the molecule is CN1CCC(Nc2ccc(Sc3ccc(Cl)cc3)cc2)c2cnc(C(F)(F)F)nc21. The van der Waals surface area contributed by atoms with Gasteiger partial charge in [0, 0.05) is 45.9 Å². The summed E-state index contributed by atoms with van der Waals surface area (Å²) in [5.41, 5.74) is 1.55. The molecule has 30 heavy (non-hydrogen) atoms. The van der Waals surface area contributed by atoms with Crippen molar-refractivity contribution in [3.05, 3.63) is 71.1 Å². The number of benzene rings is 2. The number of hydrogen-bond acceptors (Lipinski definition) is 5. The van der Waals surface area contributed by atoms with Crippen LogP contribution in [-0.4, -0.2) is 23.6 Å². The minimum Gasteiger partial charge on any atom is -0.378 e. The van der Waals surface area contributed by atoms with Crippen molar-refractivity contribution in [2.24, 2.45) is 0 Å². The topological polar surface area (TPSA) is 41.0 Å². The van der Waals surface area contributed by atoms with Gasteiger partial charge in [-0.25, -0.2) is 9.97 Å². The van der Waals surface area contributed by atoms with Crippen LogP contribution in [0.25, 0.3) is 0 Å². The third-order valence-electron chi connectivity index (χ3n) is 4.78.